The summed E-state index contributed by atoms with van der Waals surface area (Å²) < 4.78 is 1.18. The Hall–Kier alpha value is -0.0800. The molecule has 0 saturated carbocycles. The van der Waals surface area contributed by atoms with E-state index in [4.69, 9.17) is 0 Å². The predicted molar refractivity (Wildman–Crippen MR) is 38.8 cm³/mol. The summed E-state index contributed by atoms with van der Waals surface area (Å²) in [5.74, 6) is 0. The van der Waals surface area contributed by atoms with Crippen molar-refractivity contribution in [3.63, 3.8) is 0 Å². The first-order chi connectivity index (χ1) is 4.14. The monoisotopic (exact) mass is 129 g/mol. The van der Waals surface area contributed by atoms with Crippen LogP contribution in [0.3, 0.4) is 0 Å². The van der Waals surface area contributed by atoms with Crippen LogP contribution in [0.1, 0.15) is 13.3 Å². The van der Waals surface area contributed by atoms with Gasteiger partial charge in [-0.15, -0.1) is 0 Å². The van der Waals surface area contributed by atoms with Crippen molar-refractivity contribution in [1.29, 1.82) is 0 Å². The third-order valence-electron chi connectivity index (χ3n) is 1.71. The van der Waals surface area contributed by atoms with Crippen molar-refractivity contribution < 1.29 is 4.48 Å². The Kier molecular flexibility index (Phi) is 1.78. The van der Waals surface area contributed by atoms with Crippen LogP contribution in [0.2, 0.25) is 0 Å². The third-order valence-corrected chi connectivity index (χ3v) is 1.71. The van der Waals surface area contributed by atoms with Crippen molar-refractivity contribution in [2.24, 2.45) is 0 Å². The minimum absolute atomic E-state index is 1.18. The molecule has 1 rings (SSSR count). The highest BCUT2D eigenvalue weighted by molar-refractivity contribution is 4.52. The quantitative estimate of drug-likeness (QED) is 0.496. The van der Waals surface area contributed by atoms with Crippen LogP contribution in [0, 0.1) is 0 Å². The molecule has 1 aliphatic rings. The van der Waals surface area contributed by atoms with Gasteiger partial charge in [0.05, 0.1) is 14.1 Å². The van der Waals surface area contributed by atoms with Gasteiger partial charge in [0.25, 0.3) is 0 Å². The van der Waals surface area contributed by atoms with Gasteiger partial charge in [0.2, 0.25) is 0 Å². The molecule has 2 nitrogen and oxygen atoms in total. The zero-order valence-corrected chi connectivity index (χ0v) is 6.72. The maximum atomic E-state index is 2.49. The molecular formula is C7H17N2+. The van der Waals surface area contributed by atoms with E-state index >= 15 is 0 Å². The first kappa shape index (κ1) is 7.03. The molecular weight excluding hydrogens is 112 g/mol. The van der Waals surface area contributed by atoms with Gasteiger partial charge < -0.3 is 4.48 Å². The molecule has 1 fully saturated rings. The van der Waals surface area contributed by atoms with Crippen molar-refractivity contribution in [2.75, 3.05) is 34.0 Å². The first-order valence-electron chi connectivity index (χ1n) is 3.68. The molecule has 2 heteroatoms. The lowest BCUT2D eigenvalue weighted by Crippen LogP contribution is -2.64. The molecule has 1 saturated heterocycles. The molecule has 1 aliphatic heterocycles. The van der Waals surface area contributed by atoms with E-state index in [0.717, 1.165) is 0 Å². The molecule has 0 aliphatic carbocycles. The summed E-state index contributed by atoms with van der Waals surface area (Å²) in [6, 6.07) is 0. The second-order valence-corrected chi connectivity index (χ2v) is 3.61. The van der Waals surface area contributed by atoms with Gasteiger partial charge in [-0.1, -0.05) is 6.92 Å². The molecule has 0 aromatic heterocycles. The smallest absolute Gasteiger partial charge is 0.140 e. The van der Waals surface area contributed by atoms with E-state index < -0.39 is 0 Å². The number of nitrogens with zero attached hydrogens (tertiary/aromatic N) is 2. The fourth-order valence-corrected chi connectivity index (χ4v) is 1.50. The fraction of sp³-hybridized carbons (Fsp3) is 1.00. The summed E-state index contributed by atoms with van der Waals surface area (Å²) >= 11 is 0. The summed E-state index contributed by atoms with van der Waals surface area (Å²) in [5, 5.41) is 0. The van der Waals surface area contributed by atoms with Crippen molar-refractivity contribution in [2.45, 2.75) is 13.3 Å². The van der Waals surface area contributed by atoms with Crippen LogP contribution in [0.25, 0.3) is 0 Å². The minimum Gasteiger partial charge on any atom is -0.303 e. The third kappa shape index (κ3) is 1.66. The maximum absolute atomic E-state index is 2.49. The van der Waals surface area contributed by atoms with Gasteiger partial charge in [0.15, 0.2) is 0 Å². The normalized spacial score (nSPS) is 25.7. The van der Waals surface area contributed by atoms with Crippen LogP contribution in [0.5, 0.6) is 0 Å². The zero-order chi connectivity index (χ0) is 6.91. The van der Waals surface area contributed by atoms with Crippen LogP contribution in [0.4, 0.5) is 0 Å². The highest BCUT2D eigenvalue weighted by atomic mass is 15.6. The Balaban J connectivity index is 2.12. The Morgan fingerprint density at radius 2 is 1.89 bits per heavy atom. The molecule has 9 heavy (non-hydrogen) atoms. The Labute approximate surface area is 57.7 Å². The van der Waals surface area contributed by atoms with E-state index in [-0.39, 0.29) is 0 Å². The summed E-state index contributed by atoms with van der Waals surface area (Å²) in [5.41, 5.74) is 0. The van der Waals surface area contributed by atoms with Crippen LogP contribution in [-0.2, 0) is 0 Å². The molecule has 0 bridgehead atoms. The average Bonchev–Trinajstić information content (AvgIpc) is 1.62. The Bertz CT molecular complexity index is 91.1. The van der Waals surface area contributed by atoms with E-state index in [1.165, 1.54) is 30.8 Å². The van der Waals surface area contributed by atoms with Gasteiger partial charge in [0.1, 0.15) is 13.3 Å². The highest BCUT2D eigenvalue weighted by Crippen LogP contribution is 2.13. The first-order valence-corrected chi connectivity index (χ1v) is 3.68. The van der Waals surface area contributed by atoms with Crippen LogP contribution < -0.4 is 0 Å². The van der Waals surface area contributed by atoms with E-state index in [1.54, 1.807) is 0 Å². The van der Waals surface area contributed by atoms with E-state index in [9.17, 15) is 0 Å². The van der Waals surface area contributed by atoms with Gasteiger partial charge in [-0.3, -0.25) is 0 Å². The van der Waals surface area contributed by atoms with Gasteiger partial charge in [0, 0.05) is 6.54 Å². The SMILES string of the molecule is CCCN1C[N+](C)(C)C1. The van der Waals surface area contributed by atoms with Crippen molar-refractivity contribution >= 4 is 0 Å². The molecule has 0 spiro atoms. The van der Waals surface area contributed by atoms with Gasteiger partial charge >= 0.3 is 0 Å². The zero-order valence-electron chi connectivity index (χ0n) is 6.72. The van der Waals surface area contributed by atoms with Crippen molar-refractivity contribution in [1.82, 2.24) is 4.90 Å². The fourth-order valence-electron chi connectivity index (χ4n) is 1.50. The second kappa shape index (κ2) is 2.27. The van der Waals surface area contributed by atoms with E-state index in [1.807, 2.05) is 0 Å². The second-order valence-electron chi connectivity index (χ2n) is 3.61. The lowest BCUT2D eigenvalue weighted by atomic mass is 10.3. The van der Waals surface area contributed by atoms with Crippen LogP contribution in [0.15, 0.2) is 0 Å². The summed E-state index contributed by atoms with van der Waals surface area (Å²) in [6.07, 6.45) is 1.29. The van der Waals surface area contributed by atoms with Crippen LogP contribution in [-0.4, -0.2) is 43.4 Å². The summed E-state index contributed by atoms with van der Waals surface area (Å²) in [6.45, 7) is 6.00. The van der Waals surface area contributed by atoms with E-state index in [0.29, 0.717) is 0 Å². The largest absolute Gasteiger partial charge is 0.303 e. The predicted octanol–water partition coefficient (Wildman–Crippen LogP) is 0.703. The van der Waals surface area contributed by atoms with Crippen molar-refractivity contribution in [3.8, 4) is 0 Å². The topological polar surface area (TPSA) is 3.24 Å². The Morgan fingerprint density at radius 1 is 1.33 bits per heavy atom. The molecule has 0 amide bonds. The molecule has 0 aromatic carbocycles. The summed E-state index contributed by atoms with van der Waals surface area (Å²) in [7, 11) is 4.54. The molecule has 0 radical (unpaired) electrons. The van der Waals surface area contributed by atoms with Gasteiger partial charge in [-0.2, -0.15) is 0 Å². The number of hydrogen-bond acceptors (Lipinski definition) is 1. The molecule has 0 aromatic rings. The molecule has 0 N–H and O–H groups in total. The average molecular weight is 129 g/mol. The van der Waals surface area contributed by atoms with Gasteiger partial charge in [-0.05, 0) is 6.42 Å². The lowest BCUT2D eigenvalue weighted by Gasteiger charge is -2.46. The maximum Gasteiger partial charge on any atom is 0.140 e. The molecule has 0 atom stereocenters. The number of rotatable bonds is 2. The highest BCUT2D eigenvalue weighted by Gasteiger charge is 2.32. The number of hydrogen-bond donors (Lipinski definition) is 0. The minimum atomic E-state index is 1.18. The van der Waals surface area contributed by atoms with Crippen molar-refractivity contribution in [3.05, 3.63) is 0 Å². The van der Waals surface area contributed by atoms with Crippen LogP contribution >= 0.6 is 0 Å². The Morgan fingerprint density at radius 3 is 2.22 bits per heavy atom. The molecule has 54 valence electrons. The standard InChI is InChI=1S/C7H17N2/c1-4-5-8-6-9(2,3)7-8/h4-7H2,1-3H3/q+1. The van der Waals surface area contributed by atoms with E-state index in [2.05, 4.69) is 25.9 Å². The van der Waals surface area contributed by atoms with Gasteiger partial charge in [-0.25, -0.2) is 4.90 Å². The summed E-state index contributed by atoms with van der Waals surface area (Å²) in [4.78, 5) is 2.49. The number of quaternary nitrogens is 1. The molecule has 1 heterocycles. The molecule has 0 unspecified atom stereocenters. The lowest BCUT2D eigenvalue weighted by molar-refractivity contribution is -0.962.